The number of nitrogens with one attached hydrogen (secondary N) is 1. The Morgan fingerprint density at radius 2 is 2.19 bits per heavy atom. The molecule has 0 radical (unpaired) electrons. The third kappa shape index (κ3) is 2.97. The molecule has 2 rings (SSSR count). The van der Waals surface area contributed by atoms with E-state index in [0.29, 0.717) is 0 Å². The molecule has 1 N–H and O–H groups in total. The van der Waals surface area contributed by atoms with Gasteiger partial charge in [-0.15, -0.1) is 0 Å². The Morgan fingerprint density at radius 1 is 1.31 bits per heavy atom. The zero-order valence-electron chi connectivity index (χ0n) is 8.45. The quantitative estimate of drug-likeness (QED) is 0.922. The van der Waals surface area contributed by atoms with Crippen LogP contribution >= 0.6 is 27.5 Å². The highest BCUT2D eigenvalue weighted by Crippen LogP contribution is 2.23. The average molecular weight is 298 g/mol. The second-order valence-corrected chi connectivity index (χ2v) is 4.61. The highest BCUT2D eigenvalue weighted by molar-refractivity contribution is 9.10. The van der Waals surface area contributed by atoms with Gasteiger partial charge in [0.05, 0.1) is 10.7 Å². The van der Waals surface area contributed by atoms with Crippen molar-refractivity contribution < 1.29 is 0 Å². The molecule has 16 heavy (non-hydrogen) atoms. The summed E-state index contributed by atoms with van der Waals surface area (Å²) < 4.78 is 0.916. The van der Waals surface area contributed by atoms with E-state index in [1.807, 2.05) is 30.3 Å². The number of aromatic nitrogens is 1. The first-order valence-electron chi connectivity index (χ1n) is 4.83. The minimum atomic E-state index is 0.727. The van der Waals surface area contributed by atoms with Gasteiger partial charge in [0.25, 0.3) is 0 Å². The summed E-state index contributed by atoms with van der Waals surface area (Å²) >= 11 is 9.37. The molecule has 0 aliphatic rings. The maximum absolute atomic E-state index is 6.01. The lowest BCUT2D eigenvalue weighted by Crippen LogP contribution is -1.99. The van der Waals surface area contributed by atoms with Crippen LogP contribution in [0.15, 0.2) is 47.2 Å². The van der Waals surface area contributed by atoms with E-state index in [-0.39, 0.29) is 0 Å². The Morgan fingerprint density at radius 3 is 2.88 bits per heavy atom. The van der Waals surface area contributed by atoms with Gasteiger partial charge in [-0.05, 0) is 45.8 Å². The second-order valence-electron chi connectivity index (χ2n) is 3.34. The van der Waals surface area contributed by atoms with Crippen LogP contribution in [0.2, 0.25) is 5.02 Å². The van der Waals surface area contributed by atoms with Crippen LogP contribution in [0.4, 0.5) is 5.69 Å². The molecular weight excluding hydrogens is 288 g/mol. The van der Waals surface area contributed by atoms with Crippen molar-refractivity contribution in [1.29, 1.82) is 0 Å². The van der Waals surface area contributed by atoms with Crippen LogP contribution in [0.5, 0.6) is 0 Å². The summed E-state index contributed by atoms with van der Waals surface area (Å²) in [6.07, 6.45) is 3.54. The van der Waals surface area contributed by atoms with E-state index in [1.54, 1.807) is 12.4 Å². The van der Waals surface area contributed by atoms with Crippen LogP contribution in [-0.2, 0) is 6.54 Å². The van der Waals surface area contributed by atoms with E-state index >= 15 is 0 Å². The maximum Gasteiger partial charge on any atom is 0.0551 e. The lowest BCUT2D eigenvalue weighted by molar-refractivity contribution is 1.14. The van der Waals surface area contributed by atoms with Gasteiger partial charge in [-0.25, -0.2) is 0 Å². The molecule has 0 bridgehead atoms. The summed E-state index contributed by atoms with van der Waals surface area (Å²) in [7, 11) is 0. The van der Waals surface area contributed by atoms with E-state index in [2.05, 4.69) is 26.2 Å². The van der Waals surface area contributed by atoms with E-state index in [0.717, 1.165) is 27.3 Å². The van der Waals surface area contributed by atoms with Crippen LogP contribution in [0.1, 0.15) is 5.56 Å². The SMILES string of the molecule is Clc1cc(CNc2cccnc2)ccc1Br. The van der Waals surface area contributed by atoms with E-state index in [9.17, 15) is 0 Å². The molecule has 0 atom stereocenters. The lowest BCUT2D eigenvalue weighted by Gasteiger charge is -2.06. The molecule has 0 amide bonds. The molecular formula is C12H10BrClN2. The average Bonchev–Trinajstić information content (AvgIpc) is 2.32. The van der Waals surface area contributed by atoms with Crippen molar-refractivity contribution in [2.75, 3.05) is 5.32 Å². The maximum atomic E-state index is 6.01. The monoisotopic (exact) mass is 296 g/mol. The van der Waals surface area contributed by atoms with Gasteiger partial charge in [0.2, 0.25) is 0 Å². The number of hydrogen-bond acceptors (Lipinski definition) is 2. The van der Waals surface area contributed by atoms with Crippen molar-refractivity contribution >= 4 is 33.2 Å². The first-order chi connectivity index (χ1) is 7.75. The minimum Gasteiger partial charge on any atom is -0.380 e. The van der Waals surface area contributed by atoms with Crippen molar-refractivity contribution in [2.45, 2.75) is 6.54 Å². The van der Waals surface area contributed by atoms with Gasteiger partial charge in [-0.1, -0.05) is 17.7 Å². The van der Waals surface area contributed by atoms with Crippen LogP contribution in [0.3, 0.4) is 0 Å². The smallest absolute Gasteiger partial charge is 0.0551 e. The van der Waals surface area contributed by atoms with Gasteiger partial charge < -0.3 is 5.32 Å². The summed E-state index contributed by atoms with van der Waals surface area (Å²) in [5.74, 6) is 0. The van der Waals surface area contributed by atoms with Crippen LogP contribution in [0.25, 0.3) is 0 Å². The Balaban J connectivity index is 2.03. The van der Waals surface area contributed by atoms with Gasteiger partial charge in [-0.2, -0.15) is 0 Å². The second kappa shape index (κ2) is 5.32. The fraction of sp³-hybridized carbons (Fsp3) is 0.0833. The Hall–Kier alpha value is -1.06. The predicted octanol–water partition coefficient (Wildman–Crippen LogP) is 4.11. The number of halogens is 2. The molecule has 1 heterocycles. The number of anilines is 1. The van der Waals surface area contributed by atoms with Crippen LogP contribution in [-0.4, -0.2) is 4.98 Å². The first-order valence-corrected chi connectivity index (χ1v) is 6.00. The lowest BCUT2D eigenvalue weighted by atomic mass is 10.2. The van der Waals surface area contributed by atoms with Crippen molar-refractivity contribution in [3.05, 3.63) is 57.8 Å². The predicted molar refractivity (Wildman–Crippen MR) is 70.7 cm³/mol. The van der Waals surface area contributed by atoms with Gasteiger partial charge in [0.15, 0.2) is 0 Å². The Labute approximate surface area is 108 Å². The normalized spacial score (nSPS) is 10.1. The third-order valence-electron chi connectivity index (χ3n) is 2.14. The van der Waals surface area contributed by atoms with Gasteiger partial charge in [-0.3, -0.25) is 4.98 Å². The molecule has 4 heteroatoms. The molecule has 0 aliphatic heterocycles. The van der Waals surface area contributed by atoms with Crippen molar-refractivity contribution in [2.24, 2.45) is 0 Å². The summed E-state index contributed by atoms with van der Waals surface area (Å²) in [5, 5.41) is 4.00. The number of pyridine rings is 1. The fourth-order valence-electron chi connectivity index (χ4n) is 1.32. The van der Waals surface area contributed by atoms with Gasteiger partial charge in [0, 0.05) is 23.4 Å². The zero-order valence-corrected chi connectivity index (χ0v) is 10.8. The largest absolute Gasteiger partial charge is 0.380 e. The third-order valence-corrected chi connectivity index (χ3v) is 3.37. The molecule has 0 saturated heterocycles. The standard InChI is InChI=1S/C12H10BrClN2/c13-11-4-3-9(6-12(11)14)7-16-10-2-1-5-15-8-10/h1-6,8,16H,7H2. The summed E-state index contributed by atoms with van der Waals surface area (Å²) in [5.41, 5.74) is 2.14. The van der Waals surface area contributed by atoms with Crippen molar-refractivity contribution in [1.82, 2.24) is 4.98 Å². The fourth-order valence-corrected chi connectivity index (χ4v) is 1.77. The molecule has 0 spiro atoms. The highest BCUT2D eigenvalue weighted by Gasteiger charge is 1.99. The topological polar surface area (TPSA) is 24.9 Å². The molecule has 82 valence electrons. The summed E-state index contributed by atoms with van der Waals surface area (Å²) in [6.45, 7) is 0.735. The molecule has 0 saturated carbocycles. The van der Waals surface area contributed by atoms with E-state index < -0.39 is 0 Å². The molecule has 2 nitrogen and oxygen atoms in total. The molecule has 1 aromatic heterocycles. The van der Waals surface area contributed by atoms with Gasteiger partial charge in [0.1, 0.15) is 0 Å². The number of rotatable bonds is 3. The van der Waals surface area contributed by atoms with E-state index in [4.69, 9.17) is 11.6 Å². The highest BCUT2D eigenvalue weighted by atomic mass is 79.9. The molecule has 2 aromatic rings. The molecule has 0 fully saturated rings. The Bertz CT molecular complexity index is 474. The number of benzene rings is 1. The Kier molecular flexibility index (Phi) is 3.80. The molecule has 0 aliphatic carbocycles. The molecule has 1 aromatic carbocycles. The zero-order chi connectivity index (χ0) is 11.4. The number of nitrogens with zero attached hydrogens (tertiary/aromatic N) is 1. The number of hydrogen-bond donors (Lipinski definition) is 1. The van der Waals surface area contributed by atoms with Gasteiger partial charge >= 0.3 is 0 Å². The van der Waals surface area contributed by atoms with Crippen molar-refractivity contribution in [3.8, 4) is 0 Å². The molecule has 0 unspecified atom stereocenters. The van der Waals surface area contributed by atoms with Crippen LogP contribution in [0, 0.1) is 0 Å². The van der Waals surface area contributed by atoms with Crippen molar-refractivity contribution in [3.63, 3.8) is 0 Å². The first kappa shape index (κ1) is 11.4. The summed E-state index contributed by atoms with van der Waals surface area (Å²) in [6, 6.07) is 9.79. The minimum absolute atomic E-state index is 0.727. The van der Waals surface area contributed by atoms with E-state index in [1.165, 1.54) is 0 Å². The summed E-state index contributed by atoms with van der Waals surface area (Å²) in [4.78, 5) is 4.03. The van der Waals surface area contributed by atoms with Crippen LogP contribution < -0.4 is 5.32 Å².